The average Bonchev–Trinajstić information content (AvgIpc) is 3.61. The molecule has 194 valence electrons. The van der Waals surface area contributed by atoms with E-state index in [1.165, 1.54) is 6.26 Å². The Morgan fingerprint density at radius 3 is 2.32 bits per heavy atom. The van der Waals surface area contributed by atoms with Crippen molar-refractivity contribution in [2.24, 2.45) is 0 Å². The Morgan fingerprint density at radius 1 is 0.895 bits per heavy atom. The van der Waals surface area contributed by atoms with E-state index >= 15 is 0 Å². The summed E-state index contributed by atoms with van der Waals surface area (Å²) in [6.07, 6.45) is 1.47. The predicted molar refractivity (Wildman–Crippen MR) is 142 cm³/mol. The van der Waals surface area contributed by atoms with Crippen molar-refractivity contribution in [1.82, 2.24) is 5.32 Å². The number of anilines is 1. The maximum Gasteiger partial charge on any atom is 0.341 e. The SMILES string of the molecule is CCOC(=O)c1c(-c2ccco2)csc1NC(=O)COC(=O)CNC(=O)c1ccc(-c2ccccc2)cc1. The summed E-state index contributed by atoms with van der Waals surface area (Å²) in [5.41, 5.74) is 2.99. The third-order valence-corrected chi connectivity index (χ3v) is 6.22. The topological polar surface area (TPSA) is 124 Å². The van der Waals surface area contributed by atoms with Gasteiger partial charge in [-0.1, -0.05) is 42.5 Å². The van der Waals surface area contributed by atoms with Crippen molar-refractivity contribution in [2.45, 2.75) is 6.92 Å². The van der Waals surface area contributed by atoms with Crippen LogP contribution in [0.4, 0.5) is 5.00 Å². The van der Waals surface area contributed by atoms with Crippen LogP contribution >= 0.6 is 11.3 Å². The lowest BCUT2D eigenvalue weighted by Gasteiger charge is -2.09. The second-order valence-electron chi connectivity index (χ2n) is 7.89. The molecule has 2 aromatic carbocycles. The molecule has 0 bridgehead atoms. The maximum atomic E-state index is 12.5. The Kier molecular flexibility index (Phi) is 8.68. The molecule has 0 saturated carbocycles. The number of carbonyl (C=O) groups excluding carboxylic acids is 4. The van der Waals surface area contributed by atoms with Crippen molar-refractivity contribution in [3.05, 3.63) is 89.5 Å². The number of benzene rings is 2. The summed E-state index contributed by atoms with van der Waals surface area (Å²) >= 11 is 1.11. The smallest absolute Gasteiger partial charge is 0.341 e. The van der Waals surface area contributed by atoms with Crippen LogP contribution in [0, 0.1) is 0 Å². The van der Waals surface area contributed by atoms with Crippen molar-refractivity contribution in [3.8, 4) is 22.5 Å². The zero-order valence-electron chi connectivity index (χ0n) is 20.4. The normalized spacial score (nSPS) is 10.4. The first kappa shape index (κ1) is 26.4. The molecular formula is C28H24N2O7S. The third-order valence-electron chi connectivity index (χ3n) is 5.32. The standard InChI is InChI=1S/C28H24N2O7S/c1-2-35-28(34)25-21(22-9-6-14-36-22)17-38-27(25)30-23(31)16-37-24(32)15-29-26(33)20-12-10-19(11-13-20)18-7-4-3-5-8-18/h3-14,17H,2,15-16H2,1H3,(H,29,33)(H,30,31). The molecule has 10 heteroatoms. The van der Waals surface area contributed by atoms with E-state index in [9.17, 15) is 19.2 Å². The lowest BCUT2D eigenvalue weighted by Crippen LogP contribution is -2.32. The Labute approximate surface area is 222 Å². The van der Waals surface area contributed by atoms with E-state index in [0.717, 1.165) is 22.5 Å². The Morgan fingerprint density at radius 2 is 1.63 bits per heavy atom. The molecule has 0 unspecified atom stereocenters. The van der Waals surface area contributed by atoms with Crippen molar-refractivity contribution < 1.29 is 33.1 Å². The van der Waals surface area contributed by atoms with Gasteiger partial charge in [-0.05, 0) is 42.3 Å². The van der Waals surface area contributed by atoms with Crippen LogP contribution in [0.1, 0.15) is 27.6 Å². The first-order chi connectivity index (χ1) is 18.5. The zero-order valence-corrected chi connectivity index (χ0v) is 21.2. The molecule has 0 radical (unpaired) electrons. The molecule has 2 N–H and O–H groups in total. The number of ether oxygens (including phenoxy) is 2. The minimum Gasteiger partial charge on any atom is -0.464 e. The molecule has 4 rings (SSSR count). The summed E-state index contributed by atoms with van der Waals surface area (Å²) in [5.74, 6) is -2.06. The van der Waals surface area contributed by atoms with Gasteiger partial charge in [-0.3, -0.25) is 14.4 Å². The summed E-state index contributed by atoms with van der Waals surface area (Å²) in [7, 11) is 0. The van der Waals surface area contributed by atoms with Gasteiger partial charge in [0.2, 0.25) is 0 Å². The van der Waals surface area contributed by atoms with Gasteiger partial charge in [-0.15, -0.1) is 11.3 Å². The number of esters is 2. The molecule has 2 heterocycles. The zero-order chi connectivity index (χ0) is 26.9. The summed E-state index contributed by atoms with van der Waals surface area (Å²) in [6.45, 7) is 0.812. The molecule has 9 nitrogen and oxygen atoms in total. The van der Waals surface area contributed by atoms with E-state index in [2.05, 4.69) is 10.6 Å². The minimum absolute atomic E-state index is 0.150. The van der Waals surface area contributed by atoms with Crippen LogP contribution in [-0.4, -0.2) is 43.5 Å². The van der Waals surface area contributed by atoms with Gasteiger partial charge < -0.3 is 24.5 Å². The number of nitrogens with one attached hydrogen (secondary N) is 2. The second kappa shape index (κ2) is 12.5. The molecule has 2 aromatic heterocycles. The third kappa shape index (κ3) is 6.54. The second-order valence-corrected chi connectivity index (χ2v) is 8.77. The van der Waals surface area contributed by atoms with E-state index in [1.807, 2.05) is 42.5 Å². The van der Waals surface area contributed by atoms with Crippen molar-refractivity contribution >= 4 is 40.1 Å². The molecule has 38 heavy (non-hydrogen) atoms. The van der Waals surface area contributed by atoms with Crippen molar-refractivity contribution in [1.29, 1.82) is 0 Å². The van der Waals surface area contributed by atoms with Crippen LogP contribution in [-0.2, 0) is 19.1 Å². The van der Waals surface area contributed by atoms with Gasteiger partial charge in [0.25, 0.3) is 11.8 Å². The number of thiophene rings is 1. The van der Waals surface area contributed by atoms with Crippen LogP contribution in [0.3, 0.4) is 0 Å². The monoisotopic (exact) mass is 532 g/mol. The van der Waals surface area contributed by atoms with Gasteiger partial charge in [0.15, 0.2) is 6.61 Å². The van der Waals surface area contributed by atoms with Crippen LogP contribution in [0.25, 0.3) is 22.5 Å². The molecule has 0 fully saturated rings. The Balaban J connectivity index is 1.28. The van der Waals surface area contributed by atoms with Crippen molar-refractivity contribution in [2.75, 3.05) is 25.1 Å². The van der Waals surface area contributed by atoms with Gasteiger partial charge in [0.1, 0.15) is 22.9 Å². The van der Waals surface area contributed by atoms with E-state index in [-0.39, 0.29) is 17.2 Å². The largest absolute Gasteiger partial charge is 0.464 e. The minimum atomic E-state index is -0.789. The Bertz CT molecular complexity index is 1410. The van der Waals surface area contributed by atoms with Crippen LogP contribution in [0.15, 0.2) is 82.8 Å². The highest BCUT2D eigenvalue weighted by Crippen LogP contribution is 2.36. The maximum absolute atomic E-state index is 12.5. The van der Waals surface area contributed by atoms with Gasteiger partial charge >= 0.3 is 11.9 Å². The number of furan rings is 1. The van der Waals surface area contributed by atoms with E-state index in [1.54, 1.807) is 36.6 Å². The molecule has 0 saturated heterocycles. The molecule has 0 spiro atoms. The van der Waals surface area contributed by atoms with E-state index < -0.39 is 36.9 Å². The van der Waals surface area contributed by atoms with Gasteiger partial charge in [-0.25, -0.2) is 4.79 Å². The van der Waals surface area contributed by atoms with Crippen LogP contribution < -0.4 is 10.6 Å². The first-order valence-corrected chi connectivity index (χ1v) is 12.6. The molecule has 0 aliphatic rings. The van der Waals surface area contributed by atoms with Crippen LogP contribution in [0.2, 0.25) is 0 Å². The fourth-order valence-electron chi connectivity index (χ4n) is 3.53. The highest BCUT2D eigenvalue weighted by atomic mass is 32.1. The number of rotatable bonds is 10. The molecular weight excluding hydrogens is 508 g/mol. The number of amides is 2. The summed E-state index contributed by atoms with van der Waals surface area (Å²) in [6, 6.07) is 20.0. The molecule has 4 aromatic rings. The number of hydrogen-bond acceptors (Lipinski definition) is 8. The lowest BCUT2D eigenvalue weighted by atomic mass is 10.0. The fourth-order valence-corrected chi connectivity index (χ4v) is 4.48. The van der Waals surface area contributed by atoms with E-state index in [4.69, 9.17) is 13.9 Å². The Hall–Kier alpha value is -4.70. The number of hydrogen-bond donors (Lipinski definition) is 2. The van der Waals surface area contributed by atoms with Crippen molar-refractivity contribution in [3.63, 3.8) is 0 Å². The lowest BCUT2D eigenvalue weighted by molar-refractivity contribution is -0.146. The highest BCUT2D eigenvalue weighted by molar-refractivity contribution is 7.15. The highest BCUT2D eigenvalue weighted by Gasteiger charge is 2.24. The van der Waals surface area contributed by atoms with Crippen LogP contribution in [0.5, 0.6) is 0 Å². The first-order valence-electron chi connectivity index (χ1n) is 11.7. The summed E-state index contributed by atoms with van der Waals surface area (Å²) < 4.78 is 15.5. The average molecular weight is 533 g/mol. The number of carbonyl (C=O) groups is 4. The fraction of sp³-hybridized carbons (Fsp3) is 0.143. The molecule has 0 aliphatic carbocycles. The molecule has 2 amide bonds. The summed E-state index contributed by atoms with van der Waals surface area (Å²) in [4.78, 5) is 49.4. The van der Waals surface area contributed by atoms with Gasteiger partial charge in [-0.2, -0.15) is 0 Å². The molecule has 0 aliphatic heterocycles. The molecule has 0 atom stereocenters. The predicted octanol–water partition coefficient (Wildman–Crippen LogP) is 4.76. The van der Waals surface area contributed by atoms with E-state index in [0.29, 0.717) is 16.9 Å². The van der Waals surface area contributed by atoms with Gasteiger partial charge in [0.05, 0.1) is 12.9 Å². The van der Waals surface area contributed by atoms with Gasteiger partial charge in [0, 0.05) is 16.5 Å². The quantitative estimate of drug-likeness (QED) is 0.282. The summed E-state index contributed by atoms with van der Waals surface area (Å²) in [5, 5.41) is 6.94.